The smallest absolute Gasteiger partial charge is 0.256 e. The number of aromatic amines is 1. The van der Waals surface area contributed by atoms with Gasteiger partial charge in [-0.05, 0) is 44.6 Å². The third kappa shape index (κ3) is 2.84. The monoisotopic (exact) mass is 374 g/mol. The lowest BCUT2D eigenvalue weighted by atomic mass is 10.1. The first-order valence-corrected chi connectivity index (χ1v) is 9.50. The van der Waals surface area contributed by atoms with Crippen LogP contribution in [0.1, 0.15) is 34.9 Å². The lowest BCUT2D eigenvalue weighted by Gasteiger charge is -2.17. The van der Waals surface area contributed by atoms with Gasteiger partial charge in [-0.15, -0.1) is 0 Å². The zero-order valence-electron chi connectivity index (χ0n) is 15.9. The molecular formula is C21H22N6O. The van der Waals surface area contributed by atoms with Crippen LogP contribution in [0, 0.1) is 0 Å². The van der Waals surface area contributed by atoms with E-state index in [4.69, 9.17) is 0 Å². The molecule has 1 saturated heterocycles. The van der Waals surface area contributed by atoms with E-state index in [9.17, 15) is 4.79 Å². The van der Waals surface area contributed by atoms with E-state index < -0.39 is 0 Å². The Labute approximate surface area is 162 Å². The number of benzene rings is 1. The topological polar surface area (TPSA) is 78.8 Å². The van der Waals surface area contributed by atoms with Gasteiger partial charge < -0.3 is 10.3 Å². The van der Waals surface area contributed by atoms with Crippen LogP contribution in [0.25, 0.3) is 21.8 Å². The fraction of sp³-hybridized carbons (Fsp3) is 0.286. The fourth-order valence-electron chi connectivity index (χ4n) is 4.07. The lowest BCUT2D eigenvalue weighted by molar-refractivity contribution is 0.102. The number of H-pyrrole nitrogens is 1. The SMILES string of the molecule is CN1CCC[C@@H]1c1cc2cnc(NC(=O)c3ccc4cnn(C)c4c3)cc2[nH]1. The molecule has 3 aromatic heterocycles. The molecule has 5 rings (SSSR count). The van der Waals surface area contributed by atoms with Gasteiger partial charge in [0.25, 0.3) is 5.91 Å². The summed E-state index contributed by atoms with van der Waals surface area (Å²) in [6, 6.07) is 10.0. The number of carbonyl (C=O) groups excluding carboxylic acids is 1. The number of rotatable bonds is 3. The summed E-state index contributed by atoms with van der Waals surface area (Å²) in [6.07, 6.45) is 5.98. The van der Waals surface area contributed by atoms with Gasteiger partial charge in [-0.1, -0.05) is 6.07 Å². The average molecular weight is 374 g/mol. The summed E-state index contributed by atoms with van der Waals surface area (Å²) < 4.78 is 1.76. The van der Waals surface area contributed by atoms with Crippen molar-refractivity contribution in [1.29, 1.82) is 0 Å². The Morgan fingerprint density at radius 1 is 1.18 bits per heavy atom. The standard InChI is InChI=1S/C21H22N6O/c1-26-7-3-4-18(26)17-8-15-11-22-20(10-16(15)24-17)25-21(28)13-5-6-14-12-23-27(2)19(14)9-13/h5-6,8-12,18,24H,3-4,7H2,1-2H3,(H,22,25,28)/t18-/m1/s1. The Bertz CT molecular complexity index is 1190. The summed E-state index contributed by atoms with van der Waals surface area (Å²) in [5.74, 6) is 0.355. The van der Waals surface area contributed by atoms with Crippen LogP contribution in [0.2, 0.25) is 0 Å². The highest BCUT2D eigenvalue weighted by Crippen LogP contribution is 2.32. The first-order valence-electron chi connectivity index (χ1n) is 9.50. The summed E-state index contributed by atoms with van der Waals surface area (Å²) in [6.45, 7) is 1.13. The first-order chi connectivity index (χ1) is 13.6. The Hall–Kier alpha value is -3.19. The molecule has 1 amide bonds. The van der Waals surface area contributed by atoms with Crippen molar-refractivity contribution in [2.45, 2.75) is 18.9 Å². The van der Waals surface area contributed by atoms with E-state index in [1.54, 1.807) is 16.9 Å². The molecule has 4 heterocycles. The van der Waals surface area contributed by atoms with E-state index in [0.29, 0.717) is 17.4 Å². The Kier molecular flexibility index (Phi) is 3.91. The summed E-state index contributed by atoms with van der Waals surface area (Å²) in [5.41, 5.74) is 3.70. The summed E-state index contributed by atoms with van der Waals surface area (Å²) >= 11 is 0. The number of aryl methyl sites for hydroxylation is 1. The predicted octanol–water partition coefficient (Wildman–Crippen LogP) is 3.47. The van der Waals surface area contributed by atoms with Crippen LogP contribution in [0.4, 0.5) is 5.82 Å². The number of pyridine rings is 1. The van der Waals surface area contributed by atoms with Crippen LogP contribution in [-0.4, -0.2) is 44.1 Å². The molecule has 0 saturated carbocycles. The van der Waals surface area contributed by atoms with Gasteiger partial charge >= 0.3 is 0 Å². The highest BCUT2D eigenvalue weighted by Gasteiger charge is 2.24. The van der Waals surface area contributed by atoms with E-state index in [1.807, 2.05) is 31.4 Å². The number of aromatic nitrogens is 4. The van der Waals surface area contributed by atoms with Crippen molar-refractivity contribution in [3.8, 4) is 0 Å². The van der Waals surface area contributed by atoms with E-state index in [0.717, 1.165) is 34.8 Å². The quantitative estimate of drug-likeness (QED) is 0.576. The minimum Gasteiger partial charge on any atom is -0.357 e. The number of fused-ring (bicyclic) bond motifs is 2. The van der Waals surface area contributed by atoms with Gasteiger partial charge in [-0.25, -0.2) is 4.98 Å². The highest BCUT2D eigenvalue weighted by molar-refractivity contribution is 6.06. The second kappa shape index (κ2) is 6.45. The van der Waals surface area contributed by atoms with Gasteiger partial charge in [0, 0.05) is 47.4 Å². The highest BCUT2D eigenvalue weighted by atomic mass is 16.1. The molecule has 1 aliphatic heterocycles. The largest absolute Gasteiger partial charge is 0.357 e. The molecule has 0 radical (unpaired) electrons. The van der Waals surface area contributed by atoms with Gasteiger partial charge in [0.1, 0.15) is 5.82 Å². The van der Waals surface area contributed by atoms with Gasteiger partial charge in [-0.2, -0.15) is 5.10 Å². The second-order valence-corrected chi connectivity index (χ2v) is 7.52. The zero-order chi connectivity index (χ0) is 19.3. The minimum atomic E-state index is -0.183. The first kappa shape index (κ1) is 16.9. The minimum absolute atomic E-state index is 0.183. The maximum atomic E-state index is 12.7. The van der Waals surface area contributed by atoms with Gasteiger partial charge in [0.15, 0.2) is 0 Å². The van der Waals surface area contributed by atoms with Crippen LogP contribution in [0.5, 0.6) is 0 Å². The summed E-state index contributed by atoms with van der Waals surface area (Å²) in [5, 5.41) is 9.19. The number of nitrogens with zero attached hydrogens (tertiary/aromatic N) is 4. The van der Waals surface area contributed by atoms with Crippen LogP contribution in [-0.2, 0) is 7.05 Å². The molecule has 0 spiro atoms. The maximum Gasteiger partial charge on any atom is 0.256 e. The molecule has 1 aromatic carbocycles. The molecule has 0 aliphatic carbocycles. The van der Waals surface area contributed by atoms with Gasteiger partial charge in [-0.3, -0.25) is 14.4 Å². The van der Waals surface area contributed by atoms with Crippen molar-refractivity contribution in [1.82, 2.24) is 24.6 Å². The second-order valence-electron chi connectivity index (χ2n) is 7.52. The van der Waals surface area contributed by atoms with Crippen molar-refractivity contribution >= 4 is 33.5 Å². The van der Waals surface area contributed by atoms with E-state index >= 15 is 0 Å². The third-order valence-corrected chi connectivity index (χ3v) is 5.66. The molecule has 28 heavy (non-hydrogen) atoms. The third-order valence-electron chi connectivity index (χ3n) is 5.66. The van der Waals surface area contributed by atoms with E-state index in [1.165, 1.54) is 12.1 Å². The Morgan fingerprint density at radius 2 is 2.07 bits per heavy atom. The number of carbonyl (C=O) groups is 1. The number of nitrogens with one attached hydrogen (secondary N) is 2. The van der Waals surface area contributed by atoms with Gasteiger partial charge in [0.2, 0.25) is 0 Å². The van der Waals surface area contributed by atoms with Crippen molar-refractivity contribution in [3.63, 3.8) is 0 Å². The number of anilines is 1. The van der Waals surface area contributed by atoms with Crippen molar-refractivity contribution in [3.05, 3.63) is 54.0 Å². The van der Waals surface area contributed by atoms with Crippen molar-refractivity contribution in [2.75, 3.05) is 18.9 Å². The molecule has 4 aromatic rings. The molecule has 1 aliphatic rings. The fourth-order valence-corrected chi connectivity index (χ4v) is 4.07. The maximum absolute atomic E-state index is 12.7. The molecule has 7 heteroatoms. The Morgan fingerprint density at radius 3 is 2.89 bits per heavy atom. The molecule has 2 N–H and O–H groups in total. The predicted molar refractivity (Wildman–Crippen MR) is 109 cm³/mol. The molecule has 1 fully saturated rings. The summed E-state index contributed by atoms with van der Waals surface area (Å²) in [4.78, 5) is 23.0. The number of likely N-dealkylation sites (tertiary alicyclic amines) is 1. The van der Waals surface area contributed by atoms with Crippen molar-refractivity contribution in [2.24, 2.45) is 7.05 Å². The number of hydrogen-bond donors (Lipinski definition) is 2. The van der Waals surface area contributed by atoms with Crippen LogP contribution in [0.15, 0.2) is 42.7 Å². The van der Waals surface area contributed by atoms with Crippen molar-refractivity contribution < 1.29 is 4.79 Å². The van der Waals surface area contributed by atoms with Crippen LogP contribution in [0.3, 0.4) is 0 Å². The number of amides is 1. The molecule has 7 nitrogen and oxygen atoms in total. The van der Waals surface area contributed by atoms with E-state index in [2.05, 4.69) is 38.4 Å². The van der Waals surface area contributed by atoms with Crippen LogP contribution >= 0.6 is 0 Å². The molecule has 0 bridgehead atoms. The molecule has 142 valence electrons. The molecular weight excluding hydrogens is 352 g/mol. The lowest BCUT2D eigenvalue weighted by Crippen LogP contribution is -2.17. The molecule has 0 unspecified atom stereocenters. The van der Waals surface area contributed by atoms with Gasteiger partial charge in [0.05, 0.1) is 17.2 Å². The summed E-state index contributed by atoms with van der Waals surface area (Å²) in [7, 11) is 4.02. The Balaban J connectivity index is 1.40. The van der Waals surface area contributed by atoms with Crippen LogP contribution < -0.4 is 5.32 Å². The average Bonchev–Trinajstić information content (AvgIpc) is 3.39. The zero-order valence-corrected chi connectivity index (χ0v) is 15.9. The normalized spacial score (nSPS) is 17.6. The van der Waals surface area contributed by atoms with E-state index in [-0.39, 0.29) is 5.91 Å². The number of hydrogen-bond acceptors (Lipinski definition) is 4. The molecule has 1 atom stereocenters.